The average Bonchev–Trinajstić information content (AvgIpc) is 2.32. The molecule has 0 aliphatic rings. The predicted octanol–water partition coefficient (Wildman–Crippen LogP) is 0.960. The molecule has 4 nitrogen and oxygen atoms in total. The van der Waals surface area contributed by atoms with Crippen LogP contribution in [-0.4, -0.2) is 10.1 Å². The van der Waals surface area contributed by atoms with E-state index in [-0.39, 0.29) is 0 Å². The molecule has 0 N–H and O–H groups in total. The van der Waals surface area contributed by atoms with E-state index < -0.39 is 17.9 Å². The molecule has 1 heterocycles. The van der Waals surface area contributed by atoms with Crippen molar-refractivity contribution in [1.29, 1.82) is 5.26 Å². The summed E-state index contributed by atoms with van der Waals surface area (Å²) < 4.78 is 38.8. The molecule has 0 amide bonds. The Morgan fingerprint density at radius 3 is 2.36 bits per heavy atom. The summed E-state index contributed by atoms with van der Waals surface area (Å²) in [5, 5.41) is 10.5. The number of nitrogens with zero attached hydrogens (tertiary/aromatic N) is 3. The fourth-order valence-electron chi connectivity index (χ4n) is 0.384. The maximum atomic E-state index is 11.6. The van der Waals surface area contributed by atoms with Crippen LogP contribution in [0.15, 0.2) is 4.52 Å². The molecule has 0 aliphatic heterocycles. The predicted molar refractivity (Wildman–Crippen MR) is 24.0 cm³/mol. The second-order valence-corrected chi connectivity index (χ2v) is 1.53. The van der Waals surface area contributed by atoms with Crippen LogP contribution in [0.5, 0.6) is 0 Å². The van der Waals surface area contributed by atoms with Crippen molar-refractivity contribution in [3.05, 3.63) is 11.7 Å². The first-order chi connectivity index (χ1) is 5.04. The summed E-state index contributed by atoms with van der Waals surface area (Å²) in [6.45, 7) is 0. The first-order valence-corrected chi connectivity index (χ1v) is 2.35. The summed E-state index contributed by atoms with van der Waals surface area (Å²) in [4.78, 5) is 2.74. The highest BCUT2D eigenvalue weighted by atomic mass is 19.4. The van der Waals surface area contributed by atoms with Crippen LogP contribution in [-0.2, 0) is 6.18 Å². The SMILES string of the molecule is N#Cc1nc(C(F)(F)F)no1. The molecule has 0 aliphatic carbocycles. The molecule has 0 aromatic carbocycles. The zero-order chi connectivity index (χ0) is 8.48. The molecule has 0 bridgehead atoms. The highest BCUT2D eigenvalue weighted by Crippen LogP contribution is 2.25. The van der Waals surface area contributed by atoms with E-state index >= 15 is 0 Å². The Labute approximate surface area is 58.2 Å². The molecule has 1 aromatic rings. The van der Waals surface area contributed by atoms with Crippen molar-refractivity contribution < 1.29 is 17.7 Å². The summed E-state index contributed by atoms with van der Waals surface area (Å²) in [5.41, 5.74) is 0. The van der Waals surface area contributed by atoms with Crippen LogP contribution in [0.25, 0.3) is 0 Å². The summed E-state index contributed by atoms with van der Waals surface area (Å²) in [6.07, 6.45) is -4.65. The molecule has 0 atom stereocenters. The summed E-state index contributed by atoms with van der Waals surface area (Å²) in [5.74, 6) is -2.13. The fraction of sp³-hybridized carbons (Fsp3) is 0.250. The molecule has 0 saturated carbocycles. The normalized spacial score (nSPS) is 11.1. The lowest BCUT2D eigenvalue weighted by Gasteiger charge is -1.95. The van der Waals surface area contributed by atoms with E-state index in [0.29, 0.717) is 0 Å². The molecule has 0 saturated heterocycles. The summed E-state index contributed by atoms with van der Waals surface area (Å²) in [6, 6.07) is 1.28. The fourth-order valence-corrected chi connectivity index (χ4v) is 0.384. The topological polar surface area (TPSA) is 62.7 Å². The molecule has 0 spiro atoms. The van der Waals surface area contributed by atoms with E-state index in [2.05, 4.69) is 14.7 Å². The van der Waals surface area contributed by atoms with Gasteiger partial charge in [-0.05, 0) is 0 Å². The van der Waals surface area contributed by atoms with Gasteiger partial charge in [-0.15, -0.1) is 0 Å². The maximum absolute atomic E-state index is 11.6. The Balaban J connectivity index is 3.01. The molecule has 7 heteroatoms. The van der Waals surface area contributed by atoms with Gasteiger partial charge < -0.3 is 4.52 Å². The van der Waals surface area contributed by atoms with E-state index in [4.69, 9.17) is 5.26 Å². The minimum absolute atomic E-state index is 0.697. The monoisotopic (exact) mass is 163 g/mol. The maximum Gasteiger partial charge on any atom is 0.455 e. The van der Waals surface area contributed by atoms with Crippen LogP contribution < -0.4 is 0 Å². The van der Waals surface area contributed by atoms with Crippen LogP contribution in [0.1, 0.15) is 11.7 Å². The zero-order valence-corrected chi connectivity index (χ0v) is 4.88. The van der Waals surface area contributed by atoms with E-state index in [1.54, 1.807) is 0 Å². The largest absolute Gasteiger partial charge is 0.455 e. The van der Waals surface area contributed by atoms with Gasteiger partial charge in [0, 0.05) is 0 Å². The smallest absolute Gasteiger partial charge is 0.322 e. The first-order valence-electron chi connectivity index (χ1n) is 2.35. The Hall–Kier alpha value is -1.58. The lowest BCUT2D eigenvalue weighted by Crippen LogP contribution is -2.07. The third-order valence-electron chi connectivity index (χ3n) is 0.775. The first kappa shape index (κ1) is 7.53. The molecule has 0 unspecified atom stereocenters. The van der Waals surface area contributed by atoms with Crippen LogP contribution in [0.4, 0.5) is 13.2 Å². The van der Waals surface area contributed by atoms with Crippen molar-refractivity contribution in [3.8, 4) is 6.07 Å². The van der Waals surface area contributed by atoms with E-state index in [1.807, 2.05) is 0 Å². The Bertz CT molecular complexity index is 296. The molecule has 11 heavy (non-hydrogen) atoms. The van der Waals surface area contributed by atoms with Crippen LogP contribution in [0.2, 0.25) is 0 Å². The minimum Gasteiger partial charge on any atom is -0.322 e. The van der Waals surface area contributed by atoms with Crippen molar-refractivity contribution in [2.24, 2.45) is 0 Å². The van der Waals surface area contributed by atoms with Crippen molar-refractivity contribution >= 4 is 0 Å². The number of halogens is 3. The van der Waals surface area contributed by atoms with Gasteiger partial charge >= 0.3 is 12.1 Å². The molecule has 0 radical (unpaired) electrons. The molecular formula is C4F3N3O. The number of alkyl halides is 3. The van der Waals surface area contributed by atoms with Gasteiger partial charge in [-0.1, -0.05) is 5.16 Å². The van der Waals surface area contributed by atoms with Gasteiger partial charge in [0.2, 0.25) is 0 Å². The van der Waals surface area contributed by atoms with Crippen molar-refractivity contribution in [2.45, 2.75) is 6.18 Å². The molecule has 1 aromatic heterocycles. The minimum atomic E-state index is -4.65. The third-order valence-corrected chi connectivity index (χ3v) is 0.775. The highest BCUT2D eigenvalue weighted by molar-refractivity contribution is 5.05. The third kappa shape index (κ3) is 1.46. The van der Waals surface area contributed by atoms with Crippen LogP contribution in [0, 0.1) is 11.3 Å². The second kappa shape index (κ2) is 2.23. The average molecular weight is 163 g/mol. The van der Waals surface area contributed by atoms with Crippen molar-refractivity contribution in [3.63, 3.8) is 0 Å². The number of hydrogen-bond acceptors (Lipinski definition) is 4. The standard InChI is InChI=1S/C4F3N3O/c5-4(6,7)3-9-2(1-8)11-10-3. The summed E-state index contributed by atoms with van der Waals surface area (Å²) in [7, 11) is 0. The molecule has 58 valence electrons. The quantitative estimate of drug-likeness (QED) is 0.571. The van der Waals surface area contributed by atoms with Crippen molar-refractivity contribution in [1.82, 2.24) is 10.1 Å². The zero-order valence-electron chi connectivity index (χ0n) is 4.88. The number of hydrogen-bond donors (Lipinski definition) is 0. The highest BCUT2D eigenvalue weighted by Gasteiger charge is 2.37. The van der Waals surface area contributed by atoms with Gasteiger partial charge in [0.15, 0.2) is 6.07 Å². The van der Waals surface area contributed by atoms with Crippen LogP contribution >= 0.6 is 0 Å². The Morgan fingerprint density at radius 1 is 1.45 bits per heavy atom. The number of nitriles is 1. The number of aromatic nitrogens is 2. The summed E-state index contributed by atoms with van der Waals surface area (Å²) >= 11 is 0. The molecule has 0 fully saturated rings. The van der Waals surface area contributed by atoms with E-state index in [9.17, 15) is 13.2 Å². The Kier molecular flexibility index (Phi) is 1.53. The van der Waals surface area contributed by atoms with Gasteiger partial charge in [-0.2, -0.15) is 23.4 Å². The lowest BCUT2D eigenvalue weighted by atomic mass is 10.6. The Morgan fingerprint density at radius 2 is 2.09 bits per heavy atom. The molecular weight excluding hydrogens is 163 g/mol. The van der Waals surface area contributed by atoms with E-state index in [1.165, 1.54) is 6.07 Å². The van der Waals surface area contributed by atoms with Crippen molar-refractivity contribution in [2.75, 3.05) is 0 Å². The van der Waals surface area contributed by atoms with Gasteiger partial charge in [-0.3, -0.25) is 0 Å². The number of rotatable bonds is 0. The van der Waals surface area contributed by atoms with Gasteiger partial charge in [0.25, 0.3) is 5.82 Å². The second-order valence-electron chi connectivity index (χ2n) is 1.53. The van der Waals surface area contributed by atoms with Gasteiger partial charge in [-0.25, -0.2) is 0 Å². The van der Waals surface area contributed by atoms with Crippen LogP contribution in [0.3, 0.4) is 0 Å². The van der Waals surface area contributed by atoms with E-state index in [0.717, 1.165) is 0 Å². The lowest BCUT2D eigenvalue weighted by molar-refractivity contribution is -0.146. The van der Waals surface area contributed by atoms with Gasteiger partial charge in [0.1, 0.15) is 0 Å². The molecule has 1 rings (SSSR count). The van der Waals surface area contributed by atoms with Gasteiger partial charge in [0.05, 0.1) is 0 Å².